The molecule has 1 unspecified atom stereocenters. The third-order valence-corrected chi connectivity index (χ3v) is 23.0. The summed E-state index contributed by atoms with van der Waals surface area (Å²) in [4.78, 5) is 118. The molecule has 6 bridgehead atoms. The maximum Gasteiger partial charge on any atom is 0.308 e. The fraction of sp³-hybridized carbons (Fsp3) is 0.903. The van der Waals surface area contributed by atoms with Crippen LogP contribution in [0.2, 0.25) is 0 Å². The second-order valence-corrected chi connectivity index (χ2v) is 28.6. The minimum absolute atomic E-state index is 0.0620. The average Bonchev–Trinajstić information content (AvgIpc) is 1.71. The number of rotatable bonds is 18. The topological polar surface area (TPSA) is 289 Å². The van der Waals surface area contributed by atoms with Crippen LogP contribution in [-0.4, -0.2) is 138 Å². The van der Waals surface area contributed by atoms with E-state index in [0.29, 0.717) is 37.0 Å². The highest BCUT2D eigenvalue weighted by molar-refractivity contribution is 5.79. The highest BCUT2D eigenvalue weighted by Gasteiger charge is 2.76. The first-order valence-electron chi connectivity index (χ1n) is 32.1. The lowest BCUT2D eigenvalue weighted by atomic mass is 9.50. The second-order valence-electron chi connectivity index (χ2n) is 28.6. The van der Waals surface area contributed by atoms with Gasteiger partial charge >= 0.3 is 35.8 Å². The van der Waals surface area contributed by atoms with Gasteiger partial charge in [0.15, 0.2) is 35.7 Å². The van der Waals surface area contributed by atoms with E-state index in [1.807, 2.05) is 20.8 Å². The third kappa shape index (κ3) is 10.9. The van der Waals surface area contributed by atoms with Gasteiger partial charge < -0.3 is 61.9 Å². The monoisotopic (exact) mass is 1230 g/mol. The summed E-state index contributed by atoms with van der Waals surface area (Å²) in [5, 5.41) is 10.9. The van der Waals surface area contributed by atoms with Gasteiger partial charge in [0.25, 0.3) is 0 Å². The lowest BCUT2D eigenvalue weighted by molar-refractivity contribution is -0.586. The van der Waals surface area contributed by atoms with Crippen LogP contribution in [0.4, 0.5) is 0 Å². The molecule has 15 aliphatic rings. The lowest BCUT2D eigenvalue weighted by Gasteiger charge is -2.65. The van der Waals surface area contributed by atoms with Gasteiger partial charge in [-0.3, -0.25) is 28.8 Å². The van der Waals surface area contributed by atoms with Crippen LogP contribution in [0.25, 0.3) is 0 Å². The first-order chi connectivity index (χ1) is 41.2. The standard InChI is InChI=1S/C62H90O25/c1-32-11-13-41-35(4)49(75-52-60(41)38(32)22-26-56(8,79-52)82-85-60)72-45(66)17-15-43(64)70-30-59(29-63,78-48(69)20-19-46(67)73-50-36(5)42-14-12-33(2)39-23-27-57(9)80-53(76-50)61(39,42)86-83-57)31-71-44(65)16-18-47(68)74-51-37(6)55(7)25-21-34(3)40-24-28-58(10)81-54(77-51)62(40,55)87-84-58/h32-42,49-54,63H,11-31H2,1-10H3/t32-,33-,34-,35-,36-,37+,38+,39+,40+,41+,42+,49-,50-,51-,52-,53-,54-,55+,56+,57+,58+,59?,60-,61-,62+/m1/s1. The predicted octanol–water partition coefficient (Wildman–Crippen LogP) is 7.33. The van der Waals surface area contributed by atoms with Crippen molar-refractivity contribution in [3.8, 4) is 0 Å². The molecule has 0 amide bonds. The van der Waals surface area contributed by atoms with E-state index in [4.69, 9.17) is 86.2 Å². The molecule has 1 N–H and O–H groups in total. The fourth-order valence-corrected chi connectivity index (χ4v) is 17.6. The Morgan fingerprint density at radius 1 is 0.437 bits per heavy atom. The minimum Gasteiger partial charge on any atom is -0.461 e. The van der Waals surface area contributed by atoms with E-state index >= 15 is 0 Å². The fourth-order valence-electron chi connectivity index (χ4n) is 17.6. The molecule has 0 aromatic heterocycles. The number of hydrogen-bond donors (Lipinski definition) is 1. The van der Waals surface area contributed by atoms with E-state index in [2.05, 4.69) is 27.7 Å². The molecule has 0 radical (unpaired) electrons. The van der Waals surface area contributed by atoms with Crippen LogP contribution in [-0.2, 0) is 115 Å². The summed E-state index contributed by atoms with van der Waals surface area (Å²) in [6, 6.07) is 0. The minimum atomic E-state index is -2.23. The summed E-state index contributed by atoms with van der Waals surface area (Å²) in [7, 11) is 0. The Bertz CT molecular complexity index is 2640. The lowest BCUT2D eigenvalue weighted by Crippen LogP contribution is -2.74. The summed E-state index contributed by atoms with van der Waals surface area (Å²) >= 11 is 0. The van der Waals surface area contributed by atoms with Crippen LogP contribution < -0.4 is 0 Å². The van der Waals surface area contributed by atoms with Crippen molar-refractivity contribution in [3.05, 3.63) is 0 Å². The number of carbonyl (C=O) groups excluding carboxylic acids is 6. The van der Waals surface area contributed by atoms with Crippen molar-refractivity contribution >= 4 is 35.8 Å². The molecule has 12 aliphatic heterocycles. The number of hydrogen-bond acceptors (Lipinski definition) is 25. The van der Waals surface area contributed by atoms with E-state index in [0.717, 1.165) is 57.8 Å². The molecule has 0 aromatic rings. The van der Waals surface area contributed by atoms with E-state index in [-0.39, 0.29) is 47.3 Å². The highest BCUT2D eigenvalue weighted by atomic mass is 17.3. The molecular formula is C62H90O25. The Morgan fingerprint density at radius 3 is 1.32 bits per heavy atom. The van der Waals surface area contributed by atoms with Crippen molar-refractivity contribution in [2.45, 2.75) is 262 Å². The van der Waals surface area contributed by atoms with Crippen molar-refractivity contribution in [2.75, 3.05) is 19.8 Å². The normalized spacial score (nSPS) is 47.8. The van der Waals surface area contributed by atoms with Crippen molar-refractivity contribution in [3.63, 3.8) is 0 Å². The largest absolute Gasteiger partial charge is 0.461 e. The average molecular weight is 1240 g/mol. The van der Waals surface area contributed by atoms with Crippen LogP contribution in [0.1, 0.15) is 185 Å². The molecule has 0 aromatic carbocycles. The number of ether oxygens (including phenoxy) is 12. The first-order valence-corrected chi connectivity index (χ1v) is 32.1. The van der Waals surface area contributed by atoms with Gasteiger partial charge in [0.05, 0.1) is 45.1 Å². The number of esters is 6. The summed E-state index contributed by atoms with van der Waals surface area (Å²) in [5.41, 5.74) is -5.53. The Morgan fingerprint density at radius 2 is 0.839 bits per heavy atom. The smallest absolute Gasteiger partial charge is 0.308 e. The molecule has 3 aliphatic carbocycles. The van der Waals surface area contributed by atoms with E-state index in [1.54, 1.807) is 20.8 Å². The maximum atomic E-state index is 13.8. The Labute approximate surface area is 507 Å². The van der Waals surface area contributed by atoms with Crippen LogP contribution >= 0.6 is 0 Å². The molecule has 488 valence electrons. The van der Waals surface area contributed by atoms with E-state index in [9.17, 15) is 33.9 Å². The molecule has 3 spiro atoms. The van der Waals surface area contributed by atoms with Gasteiger partial charge in [-0.2, -0.15) is 0 Å². The Balaban J connectivity index is 0.669. The van der Waals surface area contributed by atoms with Crippen LogP contribution in [0.15, 0.2) is 0 Å². The van der Waals surface area contributed by atoms with Gasteiger partial charge in [0, 0.05) is 54.3 Å². The van der Waals surface area contributed by atoms with E-state index in [1.165, 1.54) is 0 Å². The summed E-state index contributed by atoms with van der Waals surface area (Å²) < 4.78 is 73.0. The third-order valence-electron chi connectivity index (χ3n) is 23.0. The van der Waals surface area contributed by atoms with Crippen molar-refractivity contribution in [1.82, 2.24) is 0 Å². The molecule has 15 fully saturated rings. The molecule has 25 nitrogen and oxygen atoms in total. The molecule has 25 heteroatoms. The number of fused-ring (bicyclic) bond motifs is 6. The summed E-state index contributed by atoms with van der Waals surface area (Å²) in [6.07, 6.45) is 0.472. The van der Waals surface area contributed by atoms with Gasteiger partial charge in [-0.15, -0.1) is 0 Å². The SMILES string of the molecule is C[C@H]1[C@H](OC(=O)CCC(=O)OCC(CO)(COC(=O)CCC(=O)O[C@@H]2O[C@@H]3O[C@]4(C)CC[C@H]5[C@H](C)CC[C@@](C)([C@H]2C)[C@@]35OO4)OC(=O)CCC(=O)O[C@@H]2O[C@@H]3O[C@]4(C)CC[C@H]5[C@H](C)CC[C@@H]([C@H]2C)[C@@]35OO4)O[C@@H]2O[C@]3(C)CC[C@H]4[C@H](C)CC[C@@H]1[C@@]24OO3. The quantitative estimate of drug-likeness (QED) is 0.0798. The summed E-state index contributed by atoms with van der Waals surface area (Å²) in [5.74, 6) is -8.58. The molecule has 25 atom stereocenters. The molecular weight excluding hydrogens is 1140 g/mol. The van der Waals surface area contributed by atoms with Crippen LogP contribution in [0, 0.1) is 70.5 Å². The second kappa shape index (κ2) is 23.5. The van der Waals surface area contributed by atoms with Gasteiger partial charge in [-0.05, 0) is 114 Å². The molecule has 87 heavy (non-hydrogen) atoms. The van der Waals surface area contributed by atoms with Crippen molar-refractivity contribution < 1.29 is 120 Å². The Hall–Kier alpha value is -3.70. The van der Waals surface area contributed by atoms with Crippen LogP contribution in [0.5, 0.6) is 0 Å². The molecule has 3 saturated carbocycles. The van der Waals surface area contributed by atoms with Gasteiger partial charge in [-0.1, -0.05) is 48.5 Å². The van der Waals surface area contributed by atoms with Gasteiger partial charge in [0.1, 0.15) is 13.2 Å². The molecule has 12 heterocycles. The summed E-state index contributed by atoms with van der Waals surface area (Å²) in [6.45, 7) is 17.1. The number of carbonyl (C=O) groups is 6. The number of aliphatic hydroxyl groups is 1. The van der Waals surface area contributed by atoms with E-state index < -0.39 is 177 Å². The first kappa shape index (κ1) is 63.4. The van der Waals surface area contributed by atoms with Gasteiger partial charge in [0.2, 0.25) is 41.8 Å². The zero-order valence-corrected chi connectivity index (χ0v) is 51.9. The number of aliphatic hydroxyl groups excluding tert-OH is 1. The molecule has 12 saturated heterocycles. The zero-order chi connectivity index (χ0) is 61.9. The predicted molar refractivity (Wildman–Crippen MR) is 289 cm³/mol. The molecule has 15 rings (SSSR count). The Kier molecular flexibility index (Phi) is 17.1. The maximum absolute atomic E-state index is 13.8. The van der Waals surface area contributed by atoms with Crippen molar-refractivity contribution in [1.29, 1.82) is 0 Å². The van der Waals surface area contributed by atoms with Gasteiger partial charge in [-0.25, -0.2) is 29.3 Å². The highest BCUT2D eigenvalue weighted by Crippen LogP contribution is 2.67. The zero-order valence-electron chi connectivity index (χ0n) is 51.9. The van der Waals surface area contributed by atoms with Crippen LogP contribution in [0.3, 0.4) is 0 Å². The van der Waals surface area contributed by atoms with Crippen molar-refractivity contribution in [2.24, 2.45) is 70.5 Å².